The molecule has 4 atom stereocenters. The van der Waals surface area contributed by atoms with Gasteiger partial charge in [-0.1, -0.05) is 65.2 Å². The molecule has 0 N–H and O–H groups in total. The molecule has 5 heteroatoms. The molecule has 29 heavy (non-hydrogen) atoms. The van der Waals surface area contributed by atoms with Gasteiger partial charge in [-0.3, -0.25) is 14.5 Å². The fourth-order valence-electron chi connectivity index (χ4n) is 4.91. The molecule has 2 bridgehead atoms. The zero-order valence-electron chi connectivity index (χ0n) is 18.0. The van der Waals surface area contributed by atoms with Crippen molar-refractivity contribution in [3.8, 4) is 0 Å². The summed E-state index contributed by atoms with van der Waals surface area (Å²) in [6, 6.07) is 8.82. The molecule has 5 nitrogen and oxygen atoms in total. The topological polar surface area (TPSA) is 63.7 Å². The molecule has 4 unspecified atom stereocenters. The third kappa shape index (κ3) is 4.10. The monoisotopic (exact) mass is 399 g/mol. The normalized spacial score (nSPS) is 25.9. The van der Waals surface area contributed by atoms with Gasteiger partial charge in [0.15, 0.2) is 5.78 Å². The summed E-state index contributed by atoms with van der Waals surface area (Å²) in [7, 11) is 0. The summed E-state index contributed by atoms with van der Waals surface area (Å²) in [5.41, 5.74) is 0.227. The van der Waals surface area contributed by atoms with Crippen molar-refractivity contribution in [1.82, 2.24) is 0 Å². The number of hydrogen-bond donors (Lipinski definition) is 0. The van der Waals surface area contributed by atoms with Gasteiger partial charge in [-0.25, -0.2) is 4.79 Å². The van der Waals surface area contributed by atoms with Gasteiger partial charge in [0.1, 0.15) is 5.78 Å². The number of rotatable bonds is 8. The average Bonchev–Trinajstić information content (AvgIpc) is 2.67. The molecule has 2 fully saturated rings. The van der Waals surface area contributed by atoms with Crippen molar-refractivity contribution < 1.29 is 19.1 Å². The van der Waals surface area contributed by atoms with Crippen molar-refractivity contribution in [3.63, 3.8) is 0 Å². The second-order valence-corrected chi connectivity index (χ2v) is 9.18. The van der Waals surface area contributed by atoms with E-state index in [1.165, 1.54) is 0 Å². The SMILES string of the molecule is CCCCC(CC)COC(=O)N(c1ccccc1)C1C2C(=O)CC(C)(C)C1C2=O. The molecular formula is C24H33NO4. The smallest absolute Gasteiger partial charge is 0.414 e. The number of ketones is 2. The maximum Gasteiger partial charge on any atom is 0.414 e. The summed E-state index contributed by atoms with van der Waals surface area (Å²) in [5, 5.41) is 0. The second-order valence-electron chi connectivity index (χ2n) is 9.18. The number of ether oxygens (including phenoxy) is 1. The van der Waals surface area contributed by atoms with Gasteiger partial charge >= 0.3 is 6.09 Å². The highest BCUT2D eigenvalue weighted by Crippen LogP contribution is 2.54. The van der Waals surface area contributed by atoms with Gasteiger partial charge in [0, 0.05) is 18.0 Å². The van der Waals surface area contributed by atoms with Crippen LogP contribution >= 0.6 is 0 Å². The third-order valence-corrected chi connectivity index (χ3v) is 6.63. The number of unbranched alkanes of at least 4 members (excludes halogenated alkanes) is 1. The summed E-state index contributed by atoms with van der Waals surface area (Å²) < 4.78 is 5.73. The number of Topliss-reactive ketones (excluding diaryl/α,β-unsaturated/α-hetero) is 2. The van der Waals surface area contributed by atoms with Crippen LogP contribution in [0, 0.1) is 23.2 Å². The van der Waals surface area contributed by atoms with E-state index in [1.54, 1.807) is 4.90 Å². The van der Waals surface area contributed by atoms with E-state index in [9.17, 15) is 14.4 Å². The third-order valence-electron chi connectivity index (χ3n) is 6.63. The Morgan fingerprint density at radius 1 is 1.21 bits per heavy atom. The number of hydrogen-bond acceptors (Lipinski definition) is 4. The first-order chi connectivity index (χ1) is 13.8. The minimum absolute atomic E-state index is 0.0284. The molecule has 0 saturated heterocycles. The van der Waals surface area contributed by atoms with Gasteiger partial charge in [0.2, 0.25) is 0 Å². The van der Waals surface area contributed by atoms with Crippen LogP contribution in [-0.2, 0) is 14.3 Å². The molecule has 0 aliphatic heterocycles. The summed E-state index contributed by atoms with van der Waals surface area (Å²) in [6.07, 6.45) is 4.15. The van der Waals surface area contributed by atoms with Gasteiger partial charge in [0.05, 0.1) is 18.6 Å². The Balaban J connectivity index is 1.84. The van der Waals surface area contributed by atoms with Crippen molar-refractivity contribution in [2.45, 2.75) is 65.8 Å². The van der Waals surface area contributed by atoms with E-state index < -0.39 is 23.5 Å². The minimum atomic E-state index is -0.720. The standard InChI is InChI=1S/C24H33NO4/c1-5-7-11-16(6-2)15-29-23(28)25(17-12-9-8-10-13-17)21-19-18(26)14-24(3,4)20(21)22(19)27/h8-10,12-13,16,19-21H,5-7,11,14-15H2,1-4H3. The minimum Gasteiger partial charge on any atom is -0.449 e. The predicted molar refractivity (Wildman–Crippen MR) is 113 cm³/mol. The van der Waals surface area contributed by atoms with Crippen LogP contribution in [0.5, 0.6) is 0 Å². The Morgan fingerprint density at radius 2 is 1.90 bits per heavy atom. The second kappa shape index (κ2) is 8.68. The van der Waals surface area contributed by atoms with Gasteiger partial charge in [0.25, 0.3) is 0 Å². The maximum absolute atomic E-state index is 13.2. The van der Waals surface area contributed by atoms with E-state index in [2.05, 4.69) is 13.8 Å². The number of anilines is 1. The number of benzene rings is 1. The van der Waals surface area contributed by atoms with Crippen LogP contribution in [-0.4, -0.2) is 30.3 Å². The molecule has 2 aliphatic rings. The quantitative estimate of drug-likeness (QED) is 0.575. The highest BCUT2D eigenvalue weighted by Gasteiger charge is 2.66. The summed E-state index contributed by atoms with van der Waals surface area (Å²) in [5.74, 6) is -0.810. The van der Waals surface area contributed by atoms with E-state index in [-0.39, 0.29) is 17.5 Å². The van der Waals surface area contributed by atoms with Gasteiger partial charge in [-0.05, 0) is 29.9 Å². The van der Waals surface area contributed by atoms with Crippen LogP contribution < -0.4 is 4.90 Å². The lowest BCUT2D eigenvalue weighted by molar-refractivity contribution is -0.161. The molecule has 0 aromatic heterocycles. The lowest BCUT2D eigenvalue weighted by Gasteiger charge is -2.57. The number of amides is 1. The summed E-state index contributed by atoms with van der Waals surface area (Å²) in [6.45, 7) is 8.52. The fourth-order valence-corrected chi connectivity index (χ4v) is 4.91. The fraction of sp³-hybridized carbons (Fsp3) is 0.625. The zero-order valence-corrected chi connectivity index (χ0v) is 18.0. The molecule has 0 radical (unpaired) electrons. The number of fused-ring (bicyclic) bond motifs is 2. The Morgan fingerprint density at radius 3 is 2.45 bits per heavy atom. The highest BCUT2D eigenvalue weighted by molar-refractivity contribution is 6.14. The number of carbonyl (C=O) groups excluding carboxylic acids is 3. The molecule has 0 spiro atoms. The number of para-hydroxylation sites is 1. The lowest BCUT2D eigenvalue weighted by Crippen LogP contribution is -2.72. The van der Waals surface area contributed by atoms with Crippen LogP contribution in [0.3, 0.4) is 0 Å². The molecule has 0 heterocycles. The van der Waals surface area contributed by atoms with E-state index in [0.717, 1.165) is 25.7 Å². The van der Waals surface area contributed by atoms with E-state index >= 15 is 0 Å². The zero-order chi connectivity index (χ0) is 21.2. The van der Waals surface area contributed by atoms with Gasteiger partial charge in [-0.15, -0.1) is 0 Å². The van der Waals surface area contributed by atoms with E-state index in [4.69, 9.17) is 4.74 Å². The Hall–Kier alpha value is -2.17. The van der Waals surface area contributed by atoms with Crippen LogP contribution in [0.2, 0.25) is 0 Å². The summed E-state index contributed by atoms with van der Waals surface area (Å²) >= 11 is 0. The first kappa shape index (κ1) is 21.5. The van der Waals surface area contributed by atoms with Crippen molar-refractivity contribution in [2.75, 3.05) is 11.5 Å². The lowest BCUT2D eigenvalue weighted by atomic mass is 9.49. The molecule has 2 saturated carbocycles. The number of nitrogens with zero attached hydrogens (tertiary/aromatic N) is 1. The average molecular weight is 400 g/mol. The number of carbonyl (C=O) groups is 3. The molecule has 158 valence electrons. The first-order valence-corrected chi connectivity index (χ1v) is 10.9. The van der Waals surface area contributed by atoms with Crippen molar-refractivity contribution in [1.29, 1.82) is 0 Å². The molecule has 1 amide bonds. The summed E-state index contributed by atoms with van der Waals surface area (Å²) in [4.78, 5) is 40.1. The molecule has 3 rings (SSSR count). The van der Waals surface area contributed by atoms with Crippen LogP contribution in [0.1, 0.15) is 59.8 Å². The van der Waals surface area contributed by atoms with Crippen LogP contribution in [0.25, 0.3) is 0 Å². The maximum atomic E-state index is 13.2. The largest absolute Gasteiger partial charge is 0.449 e. The molecular weight excluding hydrogens is 366 g/mol. The van der Waals surface area contributed by atoms with Gasteiger partial charge in [-0.2, -0.15) is 0 Å². The Labute approximate surface area is 173 Å². The Kier molecular flexibility index (Phi) is 6.45. The molecule has 1 aromatic rings. The van der Waals surface area contributed by atoms with Gasteiger partial charge < -0.3 is 4.74 Å². The van der Waals surface area contributed by atoms with Crippen LogP contribution in [0.15, 0.2) is 30.3 Å². The van der Waals surface area contributed by atoms with Crippen LogP contribution in [0.4, 0.5) is 10.5 Å². The predicted octanol–water partition coefficient (Wildman–Crippen LogP) is 5.03. The van der Waals surface area contributed by atoms with E-state index in [1.807, 2.05) is 44.2 Å². The van der Waals surface area contributed by atoms with Crippen molar-refractivity contribution in [2.24, 2.45) is 23.2 Å². The highest BCUT2D eigenvalue weighted by atomic mass is 16.6. The molecule has 1 aromatic carbocycles. The first-order valence-electron chi connectivity index (χ1n) is 10.9. The Bertz CT molecular complexity index is 749. The molecule has 2 aliphatic carbocycles. The van der Waals surface area contributed by atoms with Crippen molar-refractivity contribution >= 4 is 23.3 Å². The van der Waals surface area contributed by atoms with E-state index in [0.29, 0.717) is 24.6 Å². The van der Waals surface area contributed by atoms with Crippen molar-refractivity contribution in [3.05, 3.63) is 30.3 Å².